The molecule has 8 heteroatoms. The van der Waals surface area contributed by atoms with Crippen molar-refractivity contribution >= 4 is 5.91 Å². The number of hydrogen-bond donors (Lipinski definition) is 1. The normalized spacial score (nSPS) is 16.4. The van der Waals surface area contributed by atoms with Crippen molar-refractivity contribution < 1.29 is 27.1 Å². The highest BCUT2D eigenvalue weighted by Gasteiger charge is 2.41. The summed E-state index contributed by atoms with van der Waals surface area (Å²) < 4.78 is 53.8. The van der Waals surface area contributed by atoms with E-state index in [0.29, 0.717) is 5.69 Å². The van der Waals surface area contributed by atoms with Crippen LogP contribution in [0.4, 0.5) is 17.6 Å². The molecular formula is C15H18F4N2O2. The van der Waals surface area contributed by atoms with Crippen LogP contribution >= 0.6 is 0 Å². The molecule has 1 aromatic rings. The van der Waals surface area contributed by atoms with Crippen LogP contribution in [0.15, 0.2) is 18.2 Å². The van der Waals surface area contributed by atoms with Crippen molar-refractivity contribution in [3.63, 3.8) is 0 Å². The Bertz CT molecular complexity index is 550. The van der Waals surface area contributed by atoms with Gasteiger partial charge in [-0.25, -0.2) is 8.78 Å². The molecule has 1 saturated carbocycles. The lowest BCUT2D eigenvalue weighted by molar-refractivity contribution is -0.168. The molecule has 23 heavy (non-hydrogen) atoms. The van der Waals surface area contributed by atoms with Gasteiger partial charge in [0.05, 0.1) is 11.7 Å². The van der Waals surface area contributed by atoms with Gasteiger partial charge in [0.1, 0.15) is 13.2 Å². The van der Waals surface area contributed by atoms with Crippen LogP contribution in [0, 0.1) is 12.8 Å². The second-order valence-corrected chi connectivity index (χ2v) is 5.64. The second-order valence-electron chi connectivity index (χ2n) is 5.64. The van der Waals surface area contributed by atoms with Gasteiger partial charge in [0.15, 0.2) is 0 Å². The van der Waals surface area contributed by atoms with Gasteiger partial charge in [-0.3, -0.25) is 9.78 Å². The molecule has 2 rings (SSSR count). The highest BCUT2D eigenvalue weighted by atomic mass is 19.3. The Morgan fingerprint density at radius 1 is 1.43 bits per heavy atom. The van der Waals surface area contributed by atoms with E-state index in [4.69, 9.17) is 0 Å². The average Bonchev–Trinajstić information content (AvgIpc) is 3.29. The number of ether oxygens (including phenoxy) is 1. The van der Waals surface area contributed by atoms with E-state index in [0.717, 1.165) is 18.5 Å². The minimum absolute atomic E-state index is 0.246. The molecule has 4 nitrogen and oxygen atoms in total. The Morgan fingerprint density at radius 2 is 2.13 bits per heavy atom. The maximum absolute atomic E-state index is 12.7. The Morgan fingerprint density at radius 3 is 2.70 bits per heavy atom. The number of carbonyl (C=O) groups is 1. The number of nitrogens with zero attached hydrogens (tertiary/aromatic N) is 1. The molecule has 1 amide bonds. The molecule has 1 atom stereocenters. The number of aromatic nitrogens is 1. The minimum atomic E-state index is -4.26. The fourth-order valence-electron chi connectivity index (χ4n) is 2.16. The molecule has 0 radical (unpaired) electrons. The van der Waals surface area contributed by atoms with E-state index >= 15 is 0 Å². The lowest BCUT2D eigenvalue weighted by Crippen LogP contribution is -2.37. The predicted octanol–water partition coefficient (Wildman–Crippen LogP) is 2.87. The number of pyridine rings is 1. The van der Waals surface area contributed by atoms with Gasteiger partial charge >= 0.3 is 12.3 Å². The van der Waals surface area contributed by atoms with Gasteiger partial charge in [0.25, 0.3) is 0 Å². The number of halogens is 4. The van der Waals surface area contributed by atoms with Crippen LogP contribution in [-0.2, 0) is 9.53 Å². The lowest BCUT2D eigenvalue weighted by Gasteiger charge is -2.19. The number of aryl methyl sites for hydroxylation is 1. The summed E-state index contributed by atoms with van der Waals surface area (Å²) in [5.74, 6) is -4.64. The van der Waals surface area contributed by atoms with E-state index in [-0.39, 0.29) is 12.0 Å². The summed E-state index contributed by atoms with van der Waals surface area (Å²) in [6, 6.07) is 5.10. The van der Waals surface area contributed by atoms with E-state index in [2.05, 4.69) is 15.0 Å². The summed E-state index contributed by atoms with van der Waals surface area (Å²) in [6.07, 6.45) is -1.95. The number of carbonyl (C=O) groups excluding carboxylic acids is 1. The Kier molecular flexibility index (Phi) is 5.56. The monoisotopic (exact) mass is 334 g/mol. The molecule has 1 aliphatic rings. The number of nitrogens with one attached hydrogen (secondary N) is 1. The van der Waals surface area contributed by atoms with Gasteiger partial charge in [0.2, 0.25) is 5.91 Å². The highest BCUT2D eigenvalue weighted by molar-refractivity contribution is 5.77. The SMILES string of the molecule is Cc1cccc([C@@H](NC(=O)COCC(F)(F)C(F)F)C2CC2)n1. The molecule has 0 spiro atoms. The fourth-order valence-corrected chi connectivity index (χ4v) is 2.16. The highest BCUT2D eigenvalue weighted by Crippen LogP contribution is 2.40. The van der Waals surface area contributed by atoms with Crippen molar-refractivity contribution in [2.24, 2.45) is 5.92 Å². The summed E-state index contributed by atoms with van der Waals surface area (Å²) in [4.78, 5) is 16.2. The Labute approximate surface area is 131 Å². The van der Waals surface area contributed by atoms with Crippen molar-refractivity contribution in [1.82, 2.24) is 10.3 Å². The zero-order valence-electron chi connectivity index (χ0n) is 12.6. The summed E-state index contributed by atoms with van der Waals surface area (Å²) >= 11 is 0. The Balaban J connectivity index is 1.87. The zero-order chi connectivity index (χ0) is 17.0. The van der Waals surface area contributed by atoms with Crippen LogP contribution in [0.2, 0.25) is 0 Å². The standard InChI is InChI=1S/C15H18F4N2O2/c1-9-3-2-4-11(20-9)13(10-5-6-10)21-12(22)7-23-8-15(18,19)14(16)17/h2-4,10,13-14H,5-8H2,1H3,(H,21,22)/t13-/m0/s1. The molecule has 1 aromatic heterocycles. The molecule has 0 unspecified atom stereocenters. The fraction of sp³-hybridized carbons (Fsp3) is 0.600. The van der Waals surface area contributed by atoms with Crippen LogP contribution in [0.3, 0.4) is 0 Å². The quantitative estimate of drug-likeness (QED) is 0.744. The molecule has 1 aliphatic carbocycles. The molecule has 128 valence electrons. The van der Waals surface area contributed by atoms with Gasteiger partial charge in [-0.2, -0.15) is 8.78 Å². The van der Waals surface area contributed by atoms with Gasteiger partial charge in [-0.1, -0.05) is 6.07 Å². The maximum atomic E-state index is 12.7. The van der Waals surface area contributed by atoms with Gasteiger partial charge in [0, 0.05) is 5.69 Å². The predicted molar refractivity (Wildman–Crippen MR) is 74.4 cm³/mol. The molecule has 1 heterocycles. The first-order valence-electron chi connectivity index (χ1n) is 7.26. The number of amides is 1. The van der Waals surface area contributed by atoms with Crippen LogP contribution in [-0.4, -0.2) is 36.5 Å². The van der Waals surface area contributed by atoms with E-state index in [1.54, 1.807) is 6.07 Å². The van der Waals surface area contributed by atoms with E-state index in [1.165, 1.54) is 0 Å². The van der Waals surface area contributed by atoms with Crippen LogP contribution in [0.25, 0.3) is 0 Å². The van der Waals surface area contributed by atoms with Crippen LogP contribution in [0.1, 0.15) is 30.3 Å². The molecule has 0 aliphatic heterocycles. The third kappa shape index (κ3) is 5.16. The van der Waals surface area contributed by atoms with Crippen molar-refractivity contribution in [1.29, 1.82) is 0 Å². The van der Waals surface area contributed by atoms with Crippen LogP contribution in [0.5, 0.6) is 0 Å². The molecule has 0 bridgehead atoms. The second kappa shape index (κ2) is 7.25. The number of rotatable bonds is 8. The third-order valence-electron chi connectivity index (χ3n) is 3.49. The summed E-state index contributed by atoms with van der Waals surface area (Å²) in [5.41, 5.74) is 1.49. The maximum Gasteiger partial charge on any atom is 0.330 e. The van der Waals surface area contributed by atoms with E-state index in [9.17, 15) is 22.4 Å². The number of alkyl halides is 4. The van der Waals surface area contributed by atoms with E-state index in [1.807, 2.05) is 19.1 Å². The first-order valence-corrected chi connectivity index (χ1v) is 7.26. The third-order valence-corrected chi connectivity index (χ3v) is 3.49. The molecule has 0 saturated heterocycles. The van der Waals surface area contributed by atoms with E-state index < -0.39 is 31.5 Å². The van der Waals surface area contributed by atoms with Crippen molar-refractivity contribution in [2.45, 2.75) is 38.2 Å². The average molecular weight is 334 g/mol. The minimum Gasteiger partial charge on any atom is -0.365 e. The van der Waals surface area contributed by atoms with Gasteiger partial charge < -0.3 is 10.1 Å². The first-order chi connectivity index (χ1) is 10.8. The Hall–Kier alpha value is -1.70. The summed E-state index contributed by atoms with van der Waals surface area (Å²) in [6.45, 7) is -0.364. The lowest BCUT2D eigenvalue weighted by atomic mass is 10.1. The topological polar surface area (TPSA) is 51.2 Å². The van der Waals surface area contributed by atoms with Gasteiger partial charge in [-0.15, -0.1) is 0 Å². The van der Waals surface area contributed by atoms with Gasteiger partial charge in [-0.05, 0) is 37.8 Å². The zero-order valence-corrected chi connectivity index (χ0v) is 12.6. The molecule has 1 N–H and O–H groups in total. The van der Waals surface area contributed by atoms with Crippen molar-refractivity contribution in [2.75, 3.05) is 13.2 Å². The number of hydrogen-bond acceptors (Lipinski definition) is 3. The van der Waals surface area contributed by atoms with Crippen molar-refractivity contribution in [3.05, 3.63) is 29.6 Å². The summed E-state index contributed by atoms with van der Waals surface area (Å²) in [7, 11) is 0. The largest absolute Gasteiger partial charge is 0.365 e. The molecular weight excluding hydrogens is 316 g/mol. The molecule has 0 aromatic carbocycles. The smallest absolute Gasteiger partial charge is 0.330 e. The van der Waals surface area contributed by atoms with Crippen LogP contribution < -0.4 is 5.32 Å². The van der Waals surface area contributed by atoms with Crippen molar-refractivity contribution in [3.8, 4) is 0 Å². The first kappa shape index (κ1) is 17.7. The summed E-state index contributed by atoms with van der Waals surface area (Å²) in [5, 5.41) is 2.68. The molecule has 1 fully saturated rings.